The number of rotatable bonds is 2. The number of halogens is 1. The van der Waals surface area contributed by atoms with Crippen LogP contribution < -0.4 is 0 Å². The van der Waals surface area contributed by atoms with E-state index in [9.17, 15) is 4.79 Å². The van der Waals surface area contributed by atoms with Crippen molar-refractivity contribution in [2.45, 2.75) is 0 Å². The molecule has 0 aliphatic rings. The molecule has 0 bridgehead atoms. The van der Waals surface area contributed by atoms with Crippen LogP contribution in [0.15, 0.2) is 42.6 Å². The van der Waals surface area contributed by atoms with Crippen LogP contribution in [0.4, 0.5) is 0 Å². The molecule has 1 N–H and O–H groups in total. The van der Waals surface area contributed by atoms with Crippen LogP contribution >= 0.6 is 11.6 Å². The molecule has 1 aromatic heterocycles. The molecule has 2 rings (SSSR count). The van der Waals surface area contributed by atoms with E-state index in [1.165, 1.54) is 12.3 Å². The van der Waals surface area contributed by atoms with Crippen molar-refractivity contribution in [3.63, 3.8) is 0 Å². The maximum atomic E-state index is 10.7. The number of aromatic nitrogens is 1. The summed E-state index contributed by atoms with van der Waals surface area (Å²) >= 11 is 5.98. The van der Waals surface area contributed by atoms with Gasteiger partial charge in [0.25, 0.3) is 0 Å². The molecule has 0 unspecified atom stereocenters. The lowest BCUT2D eigenvalue weighted by Crippen LogP contribution is -1.98. The second kappa shape index (κ2) is 4.33. The van der Waals surface area contributed by atoms with Crippen molar-refractivity contribution in [3.05, 3.63) is 53.2 Å². The van der Waals surface area contributed by atoms with E-state index in [1.807, 2.05) is 30.3 Å². The zero-order valence-corrected chi connectivity index (χ0v) is 8.98. The third-order valence-electron chi connectivity index (χ3n) is 2.14. The third kappa shape index (κ3) is 2.04. The van der Waals surface area contributed by atoms with Crippen LogP contribution in [0.3, 0.4) is 0 Å². The van der Waals surface area contributed by atoms with Gasteiger partial charge in [0.05, 0.1) is 16.3 Å². The van der Waals surface area contributed by atoms with Crippen molar-refractivity contribution >= 4 is 17.6 Å². The average Bonchev–Trinajstić information content (AvgIpc) is 2.30. The van der Waals surface area contributed by atoms with E-state index >= 15 is 0 Å². The van der Waals surface area contributed by atoms with Crippen molar-refractivity contribution in [2.24, 2.45) is 0 Å². The van der Waals surface area contributed by atoms with Crippen LogP contribution in [0.5, 0.6) is 0 Å². The molecule has 0 aliphatic carbocycles. The molecular formula is C12H8ClNO2. The van der Waals surface area contributed by atoms with Gasteiger partial charge in [0.2, 0.25) is 0 Å². The Bertz CT molecular complexity index is 526. The van der Waals surface area contributed by atoms with E-state index in [0.717, 1.165) is 5.56 Å². The monoisotopic (exact) mass is 233 g/mol. The fourth-order valence-corrected chi connectivity index (χ4v) is 1.64. The molecule has 0 radical (unpaired) electrons. The Hall–Kier alpha value is -1.87. The number of hydrogen-bond donors (Lipinski definition) is 1. The molecule has 0 amide bonds. The predicted octanol–water partition coefficient (Wildman–Crippen LogP) is 3.10. The molecule has 0 saturated carbocycles. The summed E-state index contributed by atoms with van der Waals surface area (Å²) in [5.74, 6) is -1.03. The molecule has 3 nitrogen and oxygen atoms in total. The number of benzene rings is 1. The molecule has 80 valence electrons. The summed E-state index contributed by atoms with van der Waals surface area (Å²) < 4.78 is 0. The van der Waals surface area contributed by atoms with Gasteiger partial charge in [-0.25, -0.2) is 4.79 Å². The van der Waals surface area contributed by atoms with Crippen molar-refractivity contribution in [2.75, 3.05) is 0 Å². The fraction of sp³-hybridized carbons (Fsp3) is 0. The first-order valence-corrected chi connectivity index (χ1v) is 5.00. The number of pyridine rings is 1. The van der Waals surface area contributed by atoms with Crippen LogP contribution in [-0.2, 0) is 0 Å². The van der Waals surface area contributed by atoms with Crippen molar-refractivity contribution in [3.8, 4) is 11.3 Å². The first-order valence-electron chi connectivity index (χ1n) is 4.63. The van der Waals surface area contributed by atoms with Crippen LogP contribution in [0.2, 0.25) is 5.02 Å². The molecule has 0 aliphatic heterocycles. The Morgan fingerprint density at radius 2 is 1.94 bits per heavy atom. The Morgan fingerprint density at radius 1 is 1.25 bits per heavy atom. The highest BCUT2D eigenvalue weighted by molar-refractivity contribution is 6.33. The quantitative estimate of drug-likeness (QED) is 0.867. The lowest BCUT2D eigenvalue weighted by molar-refractivity contribution is 0.0696. The summed E-state index contributed by atoms with van der Waals surface area (Å²) in [4.78, 5) is 14.8. The second-order valence-electron chi connectivity index (χ2n) is 3.23. The van der Waals surface area contributed by atoms with Gasteiger partial charge in [-0.3, -0.25) is 4.98 Å². The minimum absolute atomic E-state index is 0.0877. The van der Waals surface area contributed by atoms with Gasteiger partial charge in [-0.05, 0) is 6.07 Å². The average molecular weight is 234 g/mol. The summed E-state index contributed by atoms with van der Waals surface area (Å²) in [6, 6.07) is 10.8. The van der Waals surface area contributed by atoms with E-state index in [1.54, 1.807) is 0 Å². The summed E-state index contributed by atoms with van der Waals surface area (Å²) in [7, 11) is 0. The van der Waals surface area contributed by atoms with E-state index in [2.05, 4.69) is 4.98 Å². The number of hydrogen-bond acceptors (Lipinski definition) is 2. The summed E-state index contributed by atoms with van der Waals surface area (Å²) in [5.41, 5.74) is 1.54. The van der Waals surface area contributed by atoms with Crippen molar-refractivity contribution in [1.82, 2.24) is 4.98 Å². The fourth-order valence-electron chi connectivity index (χ4n) is 1.36. The SMILES string of the molecule is O=C(O)c1cnc(-c2ccccc2)c(Cl)c1. The minimum Gasteiger partial charge on any atom is -0.478 e. The third-order valence-corrected chi connectivity index (χ3v) is 2.42. The summed E-state index contributed by atoms with van der Waals surface area (Å²) in [6.45, 7) is 0. The normalized spacial score (nSPS) is 10.1. The highest BCUT2D eigenvalue weighted by Crippen LogP contribution is 2.25. The van der Waals surface area contributed by atoms with Gasteiger partial charge in [-0.1, -0.05) is 41.9 Å². The van der Waals surface area contributed by atoms with Crippen molar-refractivity contribution < 1.29 is 9.90 Å². The van der Waals surface area contributed by atoms with Crippen LogP contribution in [-0.4, -0.2) is 16.1 Å². The Balaban J connectivity index is 2.48. The first-order chi connectivity index (χ1) is 7.68. The Kier molecular flexibility index (Phi) is 2.88. The van der Waals surface area contributed by atoms with Gasteiger partial charge in [-0.15, -0.1) is 0 Å². The maximum absolute atomic E-state index is 10.7. The van der Waals surface area contributed by atoms with Gasteiger partial charge in [0.15, 0.2) is 0 Å². The largest absolute Gasteiger partial charge is 0.478 e. The standard InChI is InChI=1S/C12H8ClNO2/c13-10-6-9(12(15)16)7-14-11(10)8-4-2-1-3-5-8/h1-7H,(H,15,16). The smallest absolute Gasteiger partial charge is 0.337 e. The molecule has 2 aromatic rings. The second-order valence-corrected chi connectivity index (χ2v) is 3.63. The molecule has 0 atom stereocenters. The highest BCUT2D eigenvalue weighted by atomic mass is 35.5. The van der Waals surface area contributed by atoms with Crippen LogP contribution in [0, 0.1) is 0 Å². The number of aromatic carboxylic acids is 1. The summed E-state index contributed by atoms with van der Waals surface area (Å²) in [6.07, 6.45) is 1.30. The van der Waals surface area contributed by atoms with Gasteiger partial charge in [0.1, 0.15) is 0 Å². The molecule has 16 heavy (non-hydrogen) atoms. The number of carbonyl (C=O) groups is 1. The van der Waals surface area contributed by atoms with Gasteiger partial charge < -0.3 is 5.11 Å². The predicted molar refractivity (Wildman–Crippen MR) is 61.6 cm³/mol. The van der Waals surface area contributed by atoms with Crippen molar-refractivity contribution in [1.29, 1.82) is 0 Å². The highest BCUT2D eigenvalue weighted by Gasteiger charge is 2.09. The number of carboxylic acid groups (broad SMARTS) is 1. The van der Waals surface area contributed by atoms with E-state index in [4.69, 9.17) is 16.7 Å². The molecule has 1 aromatic carbocycles. The van der Waals surface area contributed by atoms with Gasteiger partial charge in [0, 0.05) is 11.8 Å². The number of carboxylic acids is 1. The minimum atomic E-state index is -1.03. The Morgan fingerprint density at radius 3 is 2.50 bits per heavy atom. The zero-order chi connectivity index (χ0) is 11.5. The molecule has 4 heteroatoms. The molecule has 0 saturated heterocycles. The first kappa shape index (κ1) is 10.6. The van der Waals surface area contributed by atoms with Crippen LogP contribution in [0.1, 0.15) is 10.4 Å². The molecule has 0 spiro atoms. The van der Waals surface area contributed by atoms with Gasteiger partial charge >= 0.3 is 5.97 Å². The molecule has 1 heterocycles. The zero-order valence-electron chi connectivity index (χ0n) is 8.22. The molecule has 0 fully saturated rings. The Labute approximate surface area is 97.3 Å². The lowest BCUT2D eigenvalue weighted by atomic mass is 10.1. The van der Waals surface area contributed by atoms with E-state index < -0.39 is 5.97 Å². The van der Waals surface area contributed by atoms with Gasteiger partial charge in [-0.2, -0.15) is 0 Å². The topological polar surface area (TPSA) is 50.2 Å². The number of nitrogens with zero attached hydrogens (tertiary/aromatic N) is 1. The van der Waals surface area contributed by atoms with Crippen LogP contribution in [0.25, 0.3) is 11.3 Å². The molecular weight excluding hydrogens is 226 g/mol. The lowest BCUT2D eigenvalue weighted by Gasteiger charge is -2.03. The van der Waals surface area contributed by atoms with E-state index in [0.29, 0.717) is 10.7 Å². The van der Waals surface area contributed by atoms with E-state index in [-0.39, 0.29) is 5.56 Å². The maximum Gasteiger partial charge on any atom is 0.337 e. The summed E-state index contributed by atoms with van der Waals surface area (Å²) in [5, 5.41) is 9.11.